The molecule has 0 aromatic heterocycles. The van der Waals surface area contributed by atoms with Gasteiger partial charge in [-0.2, -0.15) is 0 Å². The molecule has 4 amide bonds. The fraction of sp³-hybridized carbons (Fsp3) is 0.122. The third-order valence-corrected chi connectivity index (χ3v) is 9.07. The summed E-state index contributed by atoms with van der Waals surface area (Å²) in [5.74, 6) is -0.171. The molecule has 0 bridgehead atoms. The van der Waals surface area contributed by atoms with Crippen LogP contribution in [0.5, 0.6) is 11.5 Å². The van der Waals surface area contributed by atoms with Crippen LogP contribution >= 0.6 is 11.8 Å². The molecule has 0 aliphatic carbocycles. The zero-order valence-electron chi connectivity index (χ0n) is 27.8. The molecule has 0 saturated carbocycles. The minimum absolute atomic E-state index is 0.0460. The Morgan fingerprint density at radius 2 is 1.41 bits per heavy atom. The fourth-order valence-corrected chi connectivity index (χ4v) is 6.37. The van der Waals surface area contributed by atoms with Gasteiger partial charge in [0.2, 0.25) is 11.8 Å². The lowest BCUT2D eigenvalue weighted by Gasteiger charge is -2.15. The van der Waals surface area contributed by atoms with Crippen LogP contribution in [0.2, 0.25) is 0 Å². The Bertz CT molecular complexity index is 2020. The molecule has 6 rings (SSSR count). The molecule has 1 atom stereocenters. The Hall–Kier alpha value is -6.13. The van der Waals surface area contributed by atoms with E-state index in [4.69, 9.17) is 9.47 Å². The minimum atomic E-state index is -0.581. The van der Waals surface area contributed by atoms with Crippen LogP contribution in [0, 0.1) is 0 Å². The number of carbonyl (C=O) groups excluding carboxylic acids is 4. The second kappa shape index (κ2) is 16.5. The molecule has 2 N–H and O–H groups in total. The number of hydrogen-bond donors (Lipinski definition) is 2. The van der Waals surface area contributed by atoms with E-state index in [0.717, 1.165) is 10.5 Å². The van der Waals surface area contributed by atoms with Crippen molar-refractivity contribution < 1.29 is 28.7 Å². The molecular weight excluding hydrogens is 663 g/mol. The SMILES string of the molecule is CCOc1ccc(N2C(=O)CC(Sc3ccc(NC(=O)/C(=C/c4ccc(OCc5ccccc5)cc4)NC(=O)c4ccccc4)cc3)C2=O)cc1. The third-order valence-electron chi connectivity index (χ3n) is 7.87. The summed E-state index contributed by atoms with van der Waals surface area (Å²) in [5, 5.41) is 5.02. The fourth-order valence-electron chi connectivity index (χ4n) is 5.32. The number of amides is 4. The van der Waals surface area contributed by atoms with Crippen LogP contribution < -0.4 is 25.0 Å². The van der Waals surface area contributed by atoms with Crippen molar-refractivity contribution in [2.45, 2.75) is 30.1 Å². The lowest BCUT2D eigenvalue weighted by molar-refractivity contribution is -0.121. The van der Waals surface area contributed by atoms with E-state index in [1.54, 1.807) is 103 Å². The second-order valence-electron chi connectivity index (χ2n) is 11.5. The van der Waals surface area contributed by atoms with Gasteiger partial charge in [0.25, 0.3) is 11.8 Å². The molecule has 1 fully saturated rings. The van der Waals surface area contributed by atoms with Gasteiger partial charge < -0.3 is 20.1 Å². The van der Waals surface area contributed by atoms with Gasteiger partial charge in [0.1, 0.15) is 23.8 Å². The predicted molar refractivity (Wildman–Crippen MR) is 199 cm³/mol. The first-order chi connectivity index (χ1) is 24.9. The first kappa shape index (κ1) is 34.7. The highest BCUT2D eigenvalue weighted by atomic mass is 32.2. The standard InChI is InChI=1S/C41H35N3O6S/c1-2-49-33-21-17-32(18-22-33)44-38(45)26-37(41(44)48)51-35-23-15-31(16-24-35)42-40(47)36(43-39(46)30-11-7-4-8-12-30)25-28-13-19-34(20-14-28)50-27-29-9-5-3-6-10-29/h3-25,37H,2,26-27H2,1H3,(H,42,47)(H,43,46)/b36-25-. The smallest absolute Gasteiger partial charge is 0.272 e. The first-order valence-corrected chi connectivity index (χ1v) is 17.3. The van der Waals surface area contributed by atoms with E-state index in [1.165, 1.54) is 16.7 Å². The largest absolute Gasteiger partial charge is 0.494 e. The molecule has 0 radical (unpaired) electrons. The molecule has 1 aliphatic heterocycles. The van der Waals surface area contributed by atoms with Crippen LogP contribution in [0.25, 0.3) is 6.08 Å². The third kappa shape index (κ3) is 9.11. The average molecular weight is 698 g/mol. The number of hydrogen-bond acceptors (Lipinski definition) is 7. The van der Waals surface area contributed by atoms with Gasteiger partial charge in [0.05, 0.1) is 17.5 Å². The second-order valence-corrected chi connectivity index (χ2v) is 12.8. The van der Waals surface area contributed by atoms with Crippen molar-refractivity contribution in [1.29, 1.82) is 0 Å². The van der Waals surface area contributed by atoms with Gasteiger partial charge in [-0.15, -0.1) is 11.8 Å². The first-order valence-electron chi connectivity index (χ1n) is 16.4. The molecule has 51 heavy (non-hydrogen) atoms. The molecule has 1 heterocycles. The Labute approximate surface area is 300 Å². The summed E-state index contributed by atoms with van der Waals surface area (Å²) >= 11 is 1.29. The quantitative estimate of drug-likeness (QED) is 0.0968. The molecule has 5 aromatic carbocycles. The van der Waals surface area contributed by atoms with Crippen molar-refractivity contribution in [3.8, 4) is 11.5 Å². The zero-order chi connectivity index (χ0) is 35.6. The number of thioether (sulfide) groups is 1. The highest BCUT2D eigenvalue weighted by Crippen LogP contribution is 2.35. The molecule has 1 unspecified atom stereocenters. The molecule has 1 saturated heterocycles. The maximum absolute atomic E-state index is 13.6. The normalized spacial score (nSPS) is 14.3. The van der Waals surface area contributed by atoms with E-state index in [-0.39, 0.29) is 23.9 Å². The summed E-state index contributed by atoms with van der Waals surface area (Å²) in [7, 11) is 0. The maximum atomic E-state index is 13.6. The highest BCUT2D eigenvalue weighted by Gasteiger charge is 2.40. The van der Waals surface area contributed by atoms with Crippen molar-refractivity contribution in [1.82, 2.24) is 5.32 Å². The van der Waals surface area contributed by atoms with E-state index in [1.807, 2.05) is 43.3 Å². The molecule has 9 nitrogen and oxygen atoms in total. The Morgan fingerprint density at radius 1 is 0.784 bits per heavy atom. The topological polar surface area (TPSA) is 114 Å². The van der Waals surface area contributed by atoms with E-state index < -0.39 is 17.1 Å². The predicted octanol–water partition coefficient (Wildman–Crippen LogP) is 7.50. The Morgan fingerprint density at radius 3 is 2.08 bits per heavy atom. The summed E-state index contributed by atoms with van der Waals surface area (Å²) in [4.78, 5) is 54.6. The molecule has 5 aromatic rings. The number of rotatable bonds is 13. The minimum Gasteiger partial charge on any atom is -0.494 e. The van der Waals surface area contributed by atoms with Crippen LogP contribution in [-0.2, 0) is 21.0 Å². The van der Waals surface area contributed by atoms with Gasteiger partial charge in [0.15, 0.2) is 0 Å². The van der Waals surface area contributed by atoms with E-state index in [2.05, 4.69) is 10.6 Å². The van der Waals surface area contributed by atoms with Crippen LogP contribution in [0.1, 0.15) is 34.8 Å². The van der Waals surface area contributed by atoms with Gasteiger partial charge in [-0.05, 0) is 96.9 Å². The van der Waals surface area contributed by atoms with Crippen molar-refractivity contribution >= 4 is 52.8 Å². The molecule has 1 aliphatic rings. The number of nitrogens with zero attached hydrogens (tertiary/aromatic N) is 1. The summed E-state index contributed by atoms with van der Waals surface area (Å²) in [5.41, 5.74) is 3.17. The van der Waals surface area contributed by atoms with Crippen molar-refractivity contribution in [2.24, 2.45) is 0 Å². The highest BCUT2D eigenvalue weighted by molar-refractivity contribution is 8.00. The van der Waals surface area contributed by atoms with E-state index in [9.17, 15) is 19.2 Å². The lowest BCUT2D eigenvalue weighted by atomic mass is 10.1. The van der Waals surface area contributed by atoms with E-state index in [0.29, 0.717) is 47.2 Å². The number of nitrogens with one attached hydrogen (secondary N) is 2. The number of imide groups is 1. The molecular formula is C41H35N3O6S. The Balaban J connectivity index is 1.12. The Kier molecular flexibility index (Phi) is 11.2. The van der Waals surface area contributed by atoms with Gasteiger partial charge in [0, 0.05) is 22.6 Å². The maximum Gasteiger partial charge on any atom is 0.272 e. The number of carbonyl (C=O) groups is 4. The number of benzene rings is 5. The lowest BCUT2D eigenvalue weighted by Crippen LogP contribution is -2.31. The van der Waals surface area contributed by atoms with Gasteiger partial charge in [-0.25, -0.2) is 4.90 Å². The van der Waals surface area contributed by atoms with Gasteiger partial charge in [-0.3, -0.25) is 19.2 Å². The number of ether oxygens (including phenoxy) is 2. The van der Waals surface area contributed by atoms with Crippen LogP contribution in [-0.4, -0.2) is 35.5 Å². The molecule has 10 heteroatoms. The van der Waals surface area contributed by atoms with Crippen molar-refractivity contribution in [3.63, 3.8) is 0 Å². The van der Waals surface area contributed by atoms with Crippen LogP contribution in [0.15, 0.2) is 144 Å². The summed E-state index contributed by atoms with van der Waals surface area (Å²) in [6.07, 6.45) is 1.67. The van der Waals surface area contributed by atoms with Crippen LogP contribution in [0.3, 0.4) is 0 Å². The van der Waals surface area contributed by atoms with Gasteiger partial charge in [-0.1, -0.05) is 60.7 Å². The summed E-state index contributed by atoms with van der Waals surface area (Å²) in [6, 6.07) is 39.5. The molecule has 256 valence electrons. The monoisotopic (exact) mass is 697 g/mol. The molecule has 0 spiro atoms. The van der Waals surface area contributed by atoms with E-state index >= 15 is 0 Å². The number of anilines is 2. The van der Waals surface area contributed by atoms with Gasteiger partial charge >= 0.3 is 0 Å². The average Bonchev–Trinajstić information content (AvgIpc) is 3.44. The van der Waals surface area contributed by atoms with Crippen molar-refractivity contribution in [2.75, 3.05) is 16.8 Å². The zero-order valence-corrected chi connectivity index (χ0v) is 28.6. The van der Waals surface area contributed by atoms with Crippen molar-refractivity contribution in [3.05, 3.63) is 156 Å². The summed E-state index contributed by atoms with van der Waals surface area (Å²) < 4.78 is 11.4. The van der Waals surface area contributed by atoms with Crippen LogP contribution in [0.4, 0.5) is 11.4 Å². The summed E-state index contributed by atoms with van der Waals surface area (Å²) in [6.45, 7) is 2.83.